The van der Waals surface area contributed by atoms with Crippen LogP contribution in [0.4, 0.5) is 4.79 Å². The first-order chi connectivity index (χ1) is 13.3. The van der Waals surface area contributed by atoms with E-state index in [4.69, 9.17) is 4.74 Å². The van der Waals surface area contributed by atoms with Crippen LogP contribution in [-0.2, 0) is 14.6 Å². The monoisotopic (exact) mass is 424 g/mol. The number of likely N-dealkylation sites (tertiary alicyclic amines) is 2. The van der Waals surface area contributed by atoms with Gasteiger partial charge in [-0.2, -0.15) is 0 Å². The Bertz CT molecular complexity index is 917. The van der Waals surface area contributed by atoms with E-state index >= 15 is 0 Å². The van der Waals surface area contributed by atoms with Gasteiger partial charge in [0.25, 0.3) is 5.91 Å². The standard InChI is InChI=1S/C19H28N4O5S/c1-11-15(12(2)21-17(20-11)29(6,26)27)16(24)22-7-13-9-23(10-14(13)8-22)18(25)28-19(3,4)5/h13-14H,7-10H2,1-6H3. The van der Waals surface area contributed by atoms with Crippen LogP contribution in [0.5, 0.6) is 0 Å². The Labute approximate surface area is 171 Å². The van der Waals surface area contributed by atoms with Gasteiger partial charge in [0.2, 0.25) is 15.0 Å². The molecule has 10 heteroatoms. The fourth-order valence-electron chi connectivity index (χ4n) is 3.95. The SMILES string of the molecule is Cc1nc(S(C)(=O)=O)nc(C)c1C(=O)N1CC2CN(C(=O)OC(C)(C)C)CC2C1. The highest BCUT2D eigenvalue weighted by molar-refractivity contribution is 7.90. The Balaban J connectivity index is 1.70. The molecule has 2 aliphatic rings. The molecule has 0 saturated carbocycles. The molecular weight excluding hydrogens is 396 g/mol. The zero-order valence-corrected chi connectivity index (χ0v) is 18.5. The lowest BCUT2D eigenvalue weighted by Crippen LogP contribution is -2.39. The van der Waals surface area contributed by atoms with Crippen molar-refractivity contribution in [3.63, 3.8) is 0 Å². The Morgan fingerprint density at radius 3 is 1.83 bits per heavy atom. The topological polar surface area (TPSA) is 110 Å². The van der Waals surface area contributed by atoms with E-state index in [1.165, 1.54) is 0 Å². The van der Waals surface area contributed by atoms with Crippen LogP contribution in [0.2, 0.25) is 0 Å². The number of amides is 2. The molecule has 3 heterocycles. The molecule has 29 heavy (non-hydrogen) atoms. The molecule has 0 bridgehead atoms. The average Bonchev–Trinajstić information content (AvgIpc) is 3.10. The quantitative estimate of drug-likeness (QED) is 0.661. The molecule has 2 aliphatic heterocycles. The second kappa shape index (κ2) is 7.23. The van der Waals surface area contributed by atoms with Crippen molar-refractivity contribution in [2.75, 3.05) is 32.4 Å². The van der Waals surface area contributed by atoms with Gasteiger partial charge in [0.05, 0.1) is 17.0 Å². The van der Waals surface area contributed by atoms with Gasteiger partial charge in [-0.15, -0.1) is 0 Å². The minimum Gasteiger partial charge on any atom is -0.444 e. The molecule has 2 atom stereocenters. The van der Waals surface area contributed by atoms with Crippen molar-refractivity contribution < 1.29 is 22.7 Å². The van der Waals surface area contributed by atoms with Crippen LogP contribution in [0.15, 0.2) is 5.16 Å². The number of carbonyl (C=O) groups is 2. The number of rotatable bonds is 2. The maximum atomic E-state index is 13.1. The predicted molar refractivity (Wildman–Crippen MR) is 105 cm³/mol. The first-order valence-corrected chi connectivity index (χ1v) is 11.5. The van der Waals surface area contributed by atoms with E-state index < -0.39 is 15.4 Å². The second-order valence-electron chi connectivity index (χ2n) is 8.94. The van der Waals surface area contributed by atoms with Crippen LogP contribution in [-0.4, -0.2) is 78.2 Å². The van der Waals surface area contributed by atoms with E-state index in [0.29, 0.717) is 43.1 Å². The minimum atomic E-state index is -3.55. The van der Waals surface area contributed by atoms with Crippen LogP contribution in [0.3, 0.4) is 0 Å². The van der Waals surface area contributed by atoms with Crippen molar-refractivity contribution in [3.8, 4) is 0 Å². The largest absolute Gasteiger partial charge is 0.444 e. The highest BCUT2D eigenvalue weighted by atomic mass is 32.2. The van der Waals surface area contributed by atoms with Crippen LogP contribution < -0.4 is 0 Å². The highest BCUT2D eigenvalue weighted by Crippen LogP contribution is 2.33. The number of ether oxygens (including phenoxy) is 1. The van der Waals surface area contributed by atoms with Crippen LogP contribution in [0, 0.1) is 25.7 Å². The van der Waals surface area contributed by atoms with E-state index in [9.17, 15) is 18.0 Å². The van der Waals surface area contributed by atoms with E-state index in [2.05, 4.69) is 9.97 Å². The van der Waals surface area contributed by atoms with Gasteiger partial charge in [0, 0.05) is 44.3 Å². The van der Waals surface area contributed by atoms with Crippen molar-refractivity contribution in [2.45, 2.75) is 45.4 Å². The van der Waals surface area contributed by atoms with Gasteiger partial charge in [0.15, 0.2) is 0 Å². The number of sulfone groups is 1. The lowest BCUT2D eigenvalue weighted by Gasteiger charge is -2.26. The summed E-state index contributed by atoms with van der Waals surface area (Å²) >= 11 is 0. The Morgan fingerprint density at radius 2 is 1.41 bits per heavy atom. The summed E-state index contributed by atoms with van der Waals surface area (Å²) in [5.74, 6) is 0.199. The van der Waals surface area contributed by atoms with Gasteiger partial charge in [-0.3, -0.25) is 4.79 Å². The van der Waals surface area contributed by atoms with Crippen molar-refractivity contribution >= 4 is 21.8 Å². The molecule has 0 radical (unpaired) electrons. The summed E-state index contributed by atoms with van der Waals surface area (Å²) in [6.07, 6.45) is 0.724. The summed E-state index contributed by atoms with van der Waals surface area (Å²) in [4.78, 5) is 36.9. The molecule has 0 aromatic carbocycles. The van der Waals surface area contributed by atoms with E-state index in [1.807, 2.05) is 20.8 Å². The Kier molecular flexibility index (Phi) is 5.35. The average molecular weight is 425 g/mol. The predicted octanol–water partition coefficient (Wildman–Crippen LogP) is 1.44. The fraction of sp³-hybridized carbons (Fsp3) is 0.684. The third-order valence-electron chi connectivity index (χ3n) is 5.22. The number of fused-ring (bicyclic) bond motifs is 1. The first kappa shape index (κ1) is 21.5. The smallest absolute Gasteiger partial charge is 0.410 e. The van der Waals surface area contributed by atoms with Gasteiger partial charge in [0.1, 0.15) is 5.60 Å². The first-order valence-electron chi connectivity index (χ1n) is 9.59. The van der Waals surface area contributed by atoms with Gasteiger partial charge in [-0.1, -0.05) is 0 Å². The molecule has 160 valence electrons. The van der Waals surface area contributed by atoms with Crippen LogP contribution in [0.25, 0.3) is 0 Å². The Hall–Kier alpha value is -2.23. The maximum Gasteiger partial charge on any atom is 0.410 e. The number of hydrogen-bond donors (Lipinski definition) is 0. The van der Waals surface area contributed by atoms with Gasteiger partial charge >= 0.3 is 6.09 Å². The number of nitrogens with zero attached hydrogens (tertiary/aromatic N) is 4. The van der Waals surface area contributed by atoms with Gasteiger partial charge in [-0.05, 0) is 34.6 Å². The molecule has 2 amide bonds. The van der Waals surface area contributed by atoms with Gasteiger partial charge < -0.3 is 14.5 Å². The summed E-state index contributed by atoms with van der Waals surface area (Å²) in [6, 6.07) is 0. The fourth-order valence-corrected chi connectivity index (χ4v) is 4.56. The molecule has 0 spiro atoms. The molecule has 1 aromatic rings. The lowest BCUT2D eigenvalue weighted by molar-refractivity contribution is 0.0275. The van der Waals surface area contributed by atoms with Crippen molar-refractivity contribution in [3.05, 3.63) is 17.0 Å². The minimum absolute atomic E-state index is 0.196. The lowest BCUT2D eigenvalue weighted by atomic mass is 10.0. The summed E-state index contributed by atoms with van der Waals surface area (Å²) in [6.45, 7) is 11.0. The number of hydrogen-bond acceptors (Lipinski definition) is 7. The zero-order chi connectivity index (χ0) is 21.7. The van der Waals surface area contributed by atoms with Crippen LogP contribution >= 0.6 is 0 Å². The van der Waals surface area contributed by atoms with Crippen molar-refractivity contribution in [1.82, 2.24) is 19.8 Å². The molecule has 9 nitrogen and oxygen atoms in total. The summed E-state index contributed by atoms with van der Waals surface area (Å²) in [5, 5.41) is -0.268. The van der Waals surface area contributed by atoms with E-state index in [0.717, 1.165) is 6.26 Å². The molecule has 0 aliphatic carbocycles. The Morgan fingerprint density at radius 1 is 0.966 bits per heavy atom. The molecule has 2 unspecified atom stereocenters. The molecule has 2 saturated heterocycles. The molecule has 1 aromatic heterocycles. The normalized spacial score (nSPS) is 22.0. The maximum absolute atomic E-state index is 13.1. The summed E-state index contributed by atoms with van der Waals surface area (Å²) < 4.78 is 28.9. The third kappa shape index (κ3) is 4.52. The molecule has 2 fully saturated rings. The summed E-state index contributed by atoms with van der Waals surface area (Å²) in [7, 11) is -3.55. The van der Waals surface area contributed by atoms with E-state index in [-0.39, 0.29) is 29.0 Å². The zero-order valence-electron chi connectivity index (χ0n) is 17.7. The van der Waals surface area contributed by atoms with E-state index in [1.54, 1.807) is 23.6 Å². The van der Waals surface area contributed by atoms with Crippen molar-refractivity contribution in [1.29, 1.82) is 0 Å². The molecular formula is C19H28N4O5S. The second-order valence-corrected chi connectivity index (χ2v) is 10.8. The molecule has 3 rings (SSSR count). The number of aryl methyl sites for hydroxylation is 2. The third-order valence-corrected chi connectivity index (χ3v) is 6.07. The van der Waals surface area contributed by atoms with Crippen molar-refractivity contribution in [2.24, 2.45) is 11.8 Å². The highest BCUT2D eigenvalue weighted by Gasteiger charge is 2.44. The number of aromatic nitrogens is 2. The molecule has 0 N–H and O–H groups in total. The van der Waals surface area contributed by atoms with Crippen LogP contribution in [0.1, 0.15) is 42.5 Å². The summed E-state index contributed by atoms with van der Waals surface area (Å²) in [5.41, 5.74) is 0.524. The number of carbonyl (C=O) groups excluding carboxylic acids is 2. The van der Waals surface area contributed by atoms with Gasteiger partial charge in [-0.25, -0.2) is 23.2 Å².